The lowest BCUT2D eigenvalue weighted by Gasteiger charge is -2.32. The van der Waals surface area contributed by atoms with Crippen LogP contribution in [-0.4, -0.2) is 48.5 Å². The minimum atomic E-state index is -0.391. The molecule has 158 valence electrons. The van der Waals surface area contributed by atoms with Crippen molar-refractivity contribution in [3.05, 3.63) is 44.9 Å². The van der Waals surface area contributed by atoms with Crippen LogP contribution >= 0.6 is 11.3 Å². The maximum absolute atomic E-state index is 12.9. The van der Waals surface area contributed by atoms with Gasteiger partial charge in [0.15, 0.2) is 0 Å². The molecule has 0 aromatic carbocycles. The molecule has 7 heteroatoms. The highest BCUT2D eigenvalue weighted by atomic mass is 32.1. The fourth-order valence-electron chi connectivity index (χ4n) is 4.16. The third-order valence-corrected chi connectivity index (χ3v) is 6.38. The molecule has 1 aliphatic rings. The summed E-state index contributed by atoms with van der Waals surface area (Å²) >= 11 is 1.79. The summed E-state index contributed by atoms with van der Waals surface area (Å²) in [7, 11) is 1.37. The summed E-state index contributed by atoms with van der Waals surface area (Å²) in [4.78, 5) is 32.0. The third kappa shape index (κ3) is 5.28. The second kappa shape index (κ2) is 10.1. The van der Waals surface area contributed by atoms with Crippen LogP contribution in [-0.2, 0) is 17.7 Å². The van der Waals surface area contributed by atoms with Gasteiger partial charge in [-0.1, -0.05) is 19.4 Å². The highest BCUT2D eigenvalue weighted by Gasteiger charge is 2.26. The predicted molar refractivity (Wildman–Crippen MR) is 116 cm³/mol. The van der Waals surface area contributed by atoms with Gasteiger partial charge in [-0.3, -0.25) is 9.69 Å². The van der Waals surface area contributed by atoms with E-state index in [9.17, 15) is 9.59 Å². The normalized spacial score (nSPS) is 17.3. The van der Waals surface area contributed by atoms with Crippen molar-refractivity contribution in [3.63, 3.8) is 0 Å². The standard InChI is InChI=1S/C22H31N3O3S/c1-4-7-18-19(22(27)28-3)15(2)24-20(18)21(26)23-12-16-8-5-10-25(13-16)14-17-9-6-11-29-17/h6,9,11,16,24H,4-5,7-8,10,12-14H2,1-3H3,(H,23,26). The number of aromatic nitrogens is 1. The van der Waals surface area contributed by atoms with Crippen LogP contribution < -0.4 is 5.32 Å². The second-order valence-electron chi connectivity index (χ2n) is 7.75. The second-order valence-corrected chi connectivity index (χ2v) is 8.79. The Kier molecular flexibility index (Phi) is 7.50. The van der Waals surface area contributed by atoms with Crippen molar-refractivity contribution >= 4 is 23.2 Å². The Balaban J connectivity index is 1.62. The Hall–Kier alpha value is -2.12. The number of rotatable bonds is 8. The molecule has 0 saturated carbocycles. The van der Waals surface area contributed by atoms with Gasteiger partial charge >= 0.3 is 5.97 Å². The summed E-state index contributed by atoms with van der Waals surface area (Å²) in [6, 6.07) is 4.27. The third-order valence-electron chi connectivity index (χ3n) is 5.52. The number of aromatic amines is 1. The molecule has 0 bridgehead atoms. The average Bonchev–Trinajstić information content (AvgIpc) is 3.34. The van der Waals surface area contributed by atoms with E-state index >= 15 is 0 Å². The number of likely N-dealkylation sites (tertiary alicyclic amines) is 1. The Morgan fingerprint density at radius 1 is 1.41 bits per heavy atom. The largest absolute Gasteiger partial charge is 0.465 e. The first kappa shape index (κ1) is 21.6. The molecule has 1 unspecified atom stereocenters. The lowest BCUT2D eigenvalue weighted by atomic mass is 9.97. The first-order chi connectivity index (χ1) is 14.0. The Morgan fingerprint density at radius 2 is 2.24 bits per heavy atom. The number of thiophene rings is 1. The highest BCUT2D eigenvalue weighted by molar-refractivity contribution is 7.09. The molecule has 3 heterocycles. The molecule has 1 saturated heterocycles. The Labute approximate surface area is 176 Å². The summed E-state index contributed by atoms with van der Waals surface area (Å²) in [6.07, 6.45) is 3.79. The average molecular weight is 418 g/mol. The number of aryl methyl sites for hydroxylation is 1. The first-order valence-electron chi connectivity index (χ1n) is 10.4. The molecule has 3 rings (SSSR count). The van der Waals surface area contributed by atoms with Crippen molar-refractivity contribution in [1.82, 2.24) is 15.2 Å². The molecule has 0 radical (unpaired) electrons. The van der Waals surface area contributed by atoms with E-state index in [4.69, 9.17) is 4.74 Å². The van der Waals surface area contributed by atoms with Gasteiger partial charge in [0, 0.05) is 30.2 Å². The number of amides is 1. The number of esters is 1. The number of hydrogen-bond acceptors (Lipinski definition) is 5. The maximum atomic E-state index is 12.9. The smallest absolute Gasteiger partial charge is 0.339 e. The summed E-state index contributed by atoms with van der Waals surface area (Å²) < 4.78 is 4.91. The number of methoxy groups -OCH3 is 1. The minimum Gasteiger partial charge on any atom is -0.465 e. The van der Waals surface area contributed by atoms with Gasteiger partial charge in [0.2, 0.25) is 0 Å². The van der Waals surface area contributed by atoms with E-state index in [1.807, 2.05) is 13.8 Å². The molecule has 2 aromatic heterocycles. The van der Waals surface area contributed by atoms with Crippen molar-refractivity contribution in [2.24, 2.45) is 5.92 Å². The first-order valence-corrected chi connectivity index (χ1v) is 11.2. The van der Waals surface area contributed by atoms with Crippen LogP contribution in [0.25, 0.3) is 0 Å². The van der Waals surface area contributed by atoms with Crippen LogP contribution in [0.4, 0.5) is 0 Å². The van der Waals surface area contributed by atoms with E-state index < -0.39 is 5.97 Å². The SMILES string of the molecule is CCCc1c(C(=O)NCC2CCCN(Cc3cccs3)C2)[nH]c(C)c1C(=O)OC. The van der Waals surface area contributed by atoms with Gasteiger partial charge in [0.05, 0.1) is 12.7 Å². The van der Waals surface area contributed by atoms with E-state index in [-0.39, 0.29) is 5.91 Å². The van der Waals surface area contributed by atoms with E-state index in [1.165, 1.54) is 12.0 Å². The molecule has 1 aliphatic heterocycles. The van der Waals surface area contributed by atoms with Crippen molar-refractivity contribution in [2.75, 3.05) is 26.7 Å². The zero-order valence-electron chi connectivity index (χ0n) is 17.5. The fraction of sp³-hybridized carbons (Fsp3) is 0.545. The van der Waals surface area contributed by atoms with Crippen LogP contribution in [0.3, 0.4) is 0 Å². The molecule has 1 atom stereocenters. The number of ether oxygens (including phenoxy) is 1. The Morgan fingerprint density at radius 3 is 2.93 bits per heavy atom. The number of H-pyrrole nitrogens is 1. The molecule has 2 N–H and O–H groups in total. The summed E-state index contributed by atoms with van der Waals surface area (Å²) in [5.74, 6) is -0.0849. The predicted octanol–water partition coefficient (Wildman–Crippen LogP) is 3.77. The monoisotopic (exact) mass is 417 g/mol. The van der Waals surface area contributed by atoms with E-state index in [0.29, 0.717) is 35.8 Å². The quantitative estimate of drug-likeness (QED) is 0.641. The number of nitrogens with zero attached hydrogens (tertiary/aromatic N) is 1. The van der Waals surface area contributed by atoms with Gasteiger partial charge in [-0.05, 0) is 55.7 Å². The molecule has 1 fully saturated rings. The number of carbonyl (C=O) groups is 2. The van der Waals surface area contributed by atoms with Crippen LogP contribution in [0.1, 0.15) is 63.2 Å². The van der Waals surface area contributed by atoms with Gasteiger partial charge in [-0.25, -0.2) is 4.79 Å². The van der Waals surface area contributed by atoms with Gasteiger partial charge in [-0.15, -0.1) is 11.3 Å². The van der Waals surface area contributed by atoms with E-state index in [2.05, 4.69) is 32.7 Å². The minimum absolute atomic E-state index is 0.137. The lowest BCUT2D eigenvalue weighted by molar-refractivity contribution is 0.0599. The Bertz CT molecular complexity index is 829. The zero-order chi connectivity index (χ0) is 20.8. The summed E-state index contributed by atoms with van der Waals surface area (Å²) in [5, 5.41) is 5.21. The fourth-order valence-corrected chi connectivity index (χ4v) is 4.90. The van der Waals surface area contributed by atoms with Crippen LogP contribution in [0.15, 0.2) is 17.5 Å². The highest BCUT2D eigenvalue weighted by Crippen LogP contribution is 2.23. The zero-order valence-corrected chi connectivity index (χ0v) is 18.4. The molecule has 0 aliphatic carbocycles. The van der Waals surface area contributed by atoms with Gasteiger partial charge < -0.3 is 15.0 Å². The van der Waals surface area contributed by atoms with Crippen LogP contribution in [0, 0.1) is 12.8 Å². The number of nitrogens with one attached hydrogen (secondary N) is 2. The van der Waals surface area contributed by atoms with E-state index in [1.54, 1.807) is 11.3 Å². The number of carbonyl (C=O) groups excluding carboxylic acids is 2. The lowest BCUT2D eigenvalue weighted by Crippen LogP contribution is -2.40. The topological polar surface area (TPSA) is 74.4 Å². The molecule has 0 spiro atoms. The summed E-state index contributed by atoms with van der Waals surface area (Å²) in [5.41, 5.74) is 2.44. The number of piperidine rings is 1. The van der Waals surface area contributed by atoms with Gasteiger partial charge in [0.1, 0.15) is 5.69 Å². The van der Waals surface area contributed by atoms with Crippen molar-refractivity contribution in [2.45, 2.75) is 46.1 Å². The molecule has 29 heavy (non-hydrogen) atoms. The molecular formula is C22H31N3O3S. The van der Waals surface area contributed by atoms with Crippen molar-refractivity contribution in [3.8, 4) is 0 Å². The van der Waals surface area contributed by atoms with Gasteiger partial charge in [-0.2, -0.15) is 0 Å². The number of hydrogen-bond donors (Lipinski definition) is 2. The molecule has 6 nitrogen and oxygen atoms in total. The molecule has 2 aromatic rings. The van der Waals surface area contributed by atoms with Crippen LogP contribution in [0.2, 0.25) is 0 Å². The summed E-state index contributed by atoms with van der Waals surface area (Å²) in [6.45, 7) is 7.59. The van der Waals surface area contributed by atoms with E-state index in [0.717, 1.165) is 44.5 Å². The van der Waals surface area contributed by atoms with Crippen LogP contribution in [0.5, 0.6) is 0 Å². The maximum Gasteiger partial charge on any atom is 0.339 e. The van der Waals surface area contributed by atoms with Crippen molar-refractivity contribution in [1.29, 1.82) is 0 Å². The molecular weight excluding hydrogens is 386 g/mol. The van der Waals surface area contributed by atoms with Gasteiger partial charge in [0.25, 0.3) is 5.91 Å². The molecule has 1 amide bonds. The van der Waals surface area contributed by atoms with Crippen molar-refractivity contribution < 1.29 is 14.3 Å².